The molecule has 0 radical (unpaired) electrons. The second-order valence-electron chi connectivity index (χ2n) is 4.54. The van der Waals surface area contributed by atoms with E-state index in [4.69, 9.17) is 23.2 Å². The Bertz CT molecular complexity index is 495. The van der Waals surface area contributed by atoms with Crippen LogP contribution in [-0.2, 0) is 9.59 Å². The lowest BCUT2D eigenvalue weighted by Gasteiger charge is -2.14. The summed E-state index contributed by atoms with van der Waals surface area (Å²) in [4.78, 5) is 23.5. The second kappa shape index (κ2) is 8.09. The zero-order valence-corrected chi connectivity index (χ0v) is 12.9. The van der Waals surface area contributed by atoms with Gasteiger partial charge in [-0.15, -0.1) is 0 Å². The Balaban J connectivity index is 2.38. The normalized spacial score (nSPS) is 11.8. The molecule has 110 valence electrons. The highest BCUT2D eigenvalue weighted by Crippen LogP contribution is 2.24. The van der Waals surface area contributed by atoms with Gasteiger partial charge in [0.2, 0.25) is 5.91 Å². The number of halogens is 2. The molecule has 1 unspecified atom stereocenters. The number of carbonyl (C=O) groups is 2. The first-order valence-electron chi connectivity index (χ1n) is 6.19. The fourth-order valence-corrected chi connectivity index (χ4v) is 1.89. The number of rotatable bonds is 6. The molecular formula is C13H18Cl2N3O2+. The first kappa shape index (κ1) is 16.8. The summed E-state index contributed by atoms with van der Waals surface area (Å²) >= 11 is 11.7. The number of hydrogen-bond donors (Lipinski definition) is 3. The van der Waals surface area contributed by atoms with Crippen molar-refractivity contribution < 1.29 is 14.5 Å². The monoisotopic (exact) mass is 318 g/mol. The summed E-state index contributed by atoms with van der Waals surface area (Å²) in [6, 6.07) is 4.93. The van der Waals surface area contributed by atoms with Crippen molar-refractivity contribution in [2.45, 2.75) is 6.92 Å². The van der Waals surface area contributed by atoms with E-state index in [1.807, 2.05) is 7.05 Å². The second-order valence-corrected chi connectivity index (χ2v) is 5.36. The molecule has 0 spiro atoms. The minimum absolute atomic E-state index is 0.0712. The summed E-state index contributed by atoms with van der Waals surface area (Å²) < 4.78 is 0. The van der Waals surface area contributed by atoms with Crippen molar-refractivity contribution in [3.8, 4) is 0 Å². The predicted octanol–water partition coefficient (Wildman–Crippen LogP) is 0.583. The van der Waals surface area contributed by atoms with Crippen molar-refractivity contribution in [2.24, 2.45) is 0 Å². The Hall–Kier alpha value is -1.30. The molecule has 20 heavy (non-hydrogen) atoms. The molecule has 0 aromatic heterocycles. The molecule has 1 atom stereocenters. The maximum Gasteiger partial charge on any atom is 0.279 e. The number of likely N-dealkylation sites (N-methyl/N-ethyl adjacent to an activating group) is 1. The third kappa shape index (κ3) is 6.23. The molecule has 1 aromatic rings. The summed E-state index contributed by atoms with van der Waals surface area (Å²) in [5, 5.41) is 6.29. The topological polar surface area (TPSA) is 62.6 Å². The molecule has 0 bridgehead atoms. The first-order chi connectivity index (χ1) is 9.38. The van der Waals surface area contributed by atoms with Crippen LogP contribution in [0.3, 0.4) is 0 Å². The third-order valence-electron chi connectivity index (χ3n) is 2.59. The Kier molecular flexibility index (Phi) is 6.78. The summed E-state index contributed by atoms with van der Waals surface area (Å²) in [6.45, 7) is 2.99. The summed E-state index contributed by atoms with van der Waals surface area (Å²) in [5.41, 5.74) is 0.610. The van der Waals surface area contributed by atoms with Crippen molar-refractivity contribution in [1.82, 2.24) is 5.32 Å². The van der Waals surface area contributed by atoms with Crippen LogP contribution in [0.25, 0.3) is 0 Å². The summed E-state index contributed by atoms with van der Waals surface area (Å²) in [5.74, 6) is -0.193. The van der Waals surface area contributed by atoms with Gasteiger partial charge in [-0.1, -0.05) is 23.2 Å². The smallest absolute Gasteiger partial charge is 0.279 e. The number of amides is 2. The molecule has 1 aromatic carbocycles. The van der Waals surface area contributed by atoms with Crippen LogP contribution in [0.15, 0.2) is 18.2 Å². The van der Waals surface area contributed by atoms with Gasteiger partial charge in [0, 0.05) is 12.6 Å². The summed E-state index contributed by atoms with van der Waals surface area (Å²) in [6.07, 6.45) is 0. The van der Waals surface area contributed by atoms with Crippen LogP contribution in [0.4, 0.5) is 5.69 Å². The first-order valence-corrected chi connectivity index (χ1v) is 6.94. The number of nitrogens with one attached hydrogen (secondary N) is 3. The zero-order valence-electron chi connectivity index (χ0n) is 11.4. The van der Waals surface area contributed by atoms with Gasteiger partial charge in [-0.25, -0.2) is 0 Å². The highest BCUT2D eigenvalue weighted by molar-refractivity contribution is 6.42. The van der Waals surface area contributed by atoms with E-state index in [0.29, 0.717) is 35.4 Å². The molecular weight excluding hydrogens is 301 g/mol. The summed E-state index contributed by atoms with van der Waals surface area (Å²) in [7, 11) is 1.89. The van der Waals surface area contributed by atoms with Crippen molar-refractivity contribution >= 4 is 40.7 Å². The Morgan fingerprint density at radius 1 is 1.25 bits per heavy atom. The van der Waals surface area contributed by atoms with Gasteiger partial charge in [-0.05, 0) is 18.2 Å². The van der Waals surface area contributed by atoms with Gasteiger partial charge in [0.1, 0.15) is 0 Å². The number of anilines is 1. The maximum atomic E-state index is 11.8. The van der Waals surface area contributed by atoms with Crippen LogP contribution in [0.5, 0.6) is 0 Å². The van der Waals surface area contributed by atoms with Gasteiger partial charge in [-0.3, -0.25) is 9.59 Å². The van der Waals surface area contributed by atoms with E-state index >= 15 is 0 Å². The van der Waals surface area contributed by atoms with Crippen LogP contribution >= 0.6 is 23.2 Å². The van der Waals surface area contributed by atoms with Crippen LogP contribution in [0.1, 0.15) is 6.92 Å². The molecule has 2 amide bonds. The minimum atomic E-state index is -0.122. The zero-order chi connectivity index (χ0) is 15.1. The van der Waals surface area contributed by atoms with Crippen molar-refractivity contribution in [3.05, 3.63) is 28.2 Å². The standard InChI is InChI=1S/C13H17Cl2N3O2/c1-9(19)16-5-6-18(2)8-13(20)17-10-3-4-11(14)12(15)7-10/h3-4,7H,5-6,8H2,1-2H3,(H,16,19)(H,17,20)/p+1. The van der Waals surface area contributed by atoms with Crippen LogP contribution in [0.2, 0.25) is 10.0 Å². The highest BCUT2D eigenvalue weighted by Gasteiger charge is 2.10. The van der Waals surface area contributed by atoms with E-state index in [-0.39, 0.29) is 11.8 Å². The van der Waals surface area contributed by atoms with Crippen LogP contribution < -0.4 is 15.5 Å². The van der Waals surface area contributed by atoms with E-state index in [1.165, 1.54) is 6.92 Å². The number of quaternary nitrogens is 1. The number of benzene rings is 1. The van der Waals surface area contributed by atoms with Crippen molar-refractivity contribution in [3.63, 3.8) is 0 Å². The van der Waals surface area contributed by atoms with Gasteiger partial charge in [-0.2, -0.15) is 0 Å². The Labute approximate surface area is 128 Å². The Morgan fingerprint density at radius 2 is 1.95 bits per heavy atom. The van der Waals surface area contributed by atoms with Gasteiger partial charge in [0.25, 0.3) is 5.91 Å². The quantitative estimate of drug-likeness (QED) is 0.718. The van der Waals surface area contributed by atoms with Gasteiger partial charge >= 0.3 is 0 Å². The van der Waals surface area contributed by atoms with Gasteiger partial charge in [0.15, 0.2) is 6.54 Å². The van der Waals surface area contributed by atoms with Crippen LogP contribution in [-0.4, -0.2) is 38.5 Å². The van der Waals surface area contributed by atoms with E-state index in [1.54, 1.807) is 18.2 Å². The maximum absolute atomic E-state index is 11.8. The molecule has 7 heteroatoms. The van der Waals surface area contributed by atoms with E-state index in [0.717, 1.165) is 4.90 Å². The number of hydrogen-bond acceptors (Lipinski definition) is 2. The molecule has 0 heterocycles. The van der Waals surface area contributed by atoms with Crippen molar-refractivity contribution in [2.75, 3.05) is 32.0 Å². The molecule has 5 nitrogen and oxygen atoms in total. The number of carbonyl (C=O) groups excluding carboxylic acids is 2. The van der Waals surface area contributed by atoms with E-state index in [2.05, 4.69) is 10.6 Å². The lowest BCUT2D eigenvalue weighted by atomic mass is 10.3. The Morgan fingerprint density at radius 3 is 2.55 bits per heavy atom. The SMILES string of the molecule is CC(=O)NCC[NH+](C)CC(=O)Nc1ccc(Cl)c(Cl)c1. The lowest BCUT2D eigenvalue weighted by molar-refractivity contribution is -0.869. The molecule has 0 aliphatic carbocycles. The van der Waals surface area contributed by atoms with E-state index < -0.39 is 0 Å². The fourth-order valence-electron chi connectivity index (χ4n) is 1.59. The average molecular weight is 319 g/mol. The van der Waals surface area contributed by atoms with Gasteiger partial charge in [0.05, 0.1) is 30.2 Å². The largest absolute Gasteiger partial charge is 0.351 e. The van der Waals surface area contributed by atoms with Crippen LogP contribution in [0, 0.1) is 0 Å². The molecule has 1 rings (SSSR count). The predicted molar refractivity (Wildman–Crippen MR) is 80.4 cm³/mol. The fraction of sp³-hybridized carbons (Fsp3) is 0.385. The molecule has 3 N–H and O–H groups in total. The van der Waals surface area contributed by atoms with Crippen molar-refractivity contribution in [1.29, 1.82) is 0 Å². The molecule has 0 aliphatic heterocycles. The lowest BCUT2D eigenvalue weighted by Crippen LogP contribution is -3.10. The average Bonchev–Trinajstić information content (AvgIpc) is 2.33. The highest BCUT2D eigenvalue weighted by atomic mass is 35.5. The minimum Gasteiger partial charge on any atom is -0.351 e. The molecule has 0 saturated heterocycles. The molecule has 0 aliphatic rings. The third-order valence-corrected chi connectivity index (χ3v) is 3.33. The molecule has 0 saturated carbocycles. The van der Waals surface area contributed by atoms with E-state index in [9.17, 15) is 9.59 Å². The van der Waals surface area contributed by atoms with Gasteiger partial charge < -0.3 is 15.5 Å². The molecule has 0 fully saturated rings.